The van der Waals surface area contributed by atoms with E-state index >= 15 is 0 Å². The maximum Gasteiger partial charge on any atom is 0.416 e. The summed E-state index contributed by atoms with van der Waals surface area (Å²) >= 11 is 0. The summed E-state index contributed by atoms with van der Waals surface area (Å²) < 4.78 is 39.5. The van der Waals surface area contributed by atoms with Crippen molar-refractivity contribution in [3.63, 3.8) is 0 Å². The van der Waals surface area contributed by atoms with Crippen molar-refractivity contribution in [2.45, 2.75) is 31.1 Å². The molecule has 29 heavy (non-hydrogen) atoms. The van der Waals surface area contributed by atoms with Gasteiger partial charge in [-0.1, -0.05) is 12.1 Å². The monoisotopic (exact) mass is 405 g/mol. The first-order chi connectivity index (χ1) is 13.8. The van der Waals surface area contributed by atoms with Gasteiger partial charge in [-0.05, 0) is 36.6 Å². The fourth-order valence-electron chi connectivity index (χ4n) is 3.57. The number of carbonyl (C=O) groups excluding carboxylic acids is 2. The first-order valence-electron chi connectivity index (χ1n) is 9.11. The molecule has 2 aliphatic rings. The SMILES string of the molecule is O=C(/C=C/c1ccc(C(F)(F)F)cc1)NCC(=O)N1CCn2ncnc2C12CC2. The highest BCUT2D eigenvalue weighted by Crippen LogP contribution is 2.51. The smallest absolute Gasteiger partial charge is 0.343 e. The van der Waals surface area contributed by atoms with Gasteiger partial charge in [-0.2, -0.15) is 18.3 Å². The molecule has 1 aromatic carbocycles. The molecule has 152 valence electrons. The van der Waals surface area contributed by atoms with Crippen LogP contribution in [0.3, 0.4) is 0 Å². The largest absolute Gasteiger partial charge is 0.416 e. The number of hydrogen-bond acceptors (Lipinski definition) is 4. The third-order valence-electron chi connectivity index (χ3n) is 5.19. The third-order valence-corrected chi connectivity index (χ3v) is 5.19. The van der Waals surface area contributed by atoms with E-state index in [0.717, 1.165) is 30.8 Å². The highest BCUT2D eigenvalue weighted by molar-refractivity contribution is 5.94. The van der Waals surface area contributed by atoms with Gasteiger partial charge in [0.05, 0.1) is 18.7 Å². The van der Waals surface area contributed by atoms with Crippen LogP contribution < -0.4 is 5.32 Å². The minimum Gasteiger partial charge on any atom is -0.343 e. The van der Waals surface area contributed by atoms with Gasteiger partial charge in [0, 0.05) is 12.6 Å². The molecule has 2 heterocycles. The normalized spacial score (nSPS) is 17.4. The Bertz CT molecular complexity index is 961. The summed E-state index contributed by atoms with van der Waals surface area (Å²) in [6.07, 6.45) is 1.30. The van der Waals surface area contributed by atoms with Crippen LogP contribution in [0.2, 0.25) is 0 Å². The van der Waals surface area contributed by atoms with Crippen LogP contribution in [0.5, 0.6) is 0 Å². The van der Waals surface area contributed by atoms with Crippen molar-refractivity contribution in [1.29, 1.82) is 0 Å². The lowest BCUT2D eigenvalue weighted by molar-refractivity contribution is -0.137. The molecule has 1 aliphatic heterocycles. The summed E-state index contributed by atoms with van der Waals surface area (Å²) in [5, 5.41) is 6.69. The zero-order valence-electron chi connectivity index (χ0n) is 15.3. The molecule has 0 unspecified atom stereocenters. The molecule has 1 fully saturated rings. The number of halogens is 3. The van der Waals surface area contributed by atoms with Crippen molar-refractivity contribution in [1.82, 2.24) is 25.0 Å². The lowest BCUT2D eigenvalue weighted by atomic mass is 10.1. The molecule has 1 saturated carbocycles. The summed E-state index contributed by atoms with van der Waals surface area (Å²) in [5.41, 5.74) is -0.713. The molecule has 4 rings (SSSR count). The third kappa shape index (κ3) is 3.74. The average Bonchev–Trinajstić information content (AvgIpc) is 3.30. The average molecular weight is 405 g/mol. The molecule has 1 N–H and O–H groups in total. The van der Waals surface area contributed by atoms with Crippen LogP contribution in [0.15, 0.2) is 36.7 Å². The molecule has 10 heteroatoms. The maximum atomic E-state index is 12.6. The van der Waals surface area contributed by atoms with Crippen LogP contribution in [0.1, 0.15) is 29.8 Å². The summed E-state index contributed by atoms with van der Waals surface area (Å²) in [7, 11) is 0. The van der Waals surface area contributed by atoms with E-state index < -0.39 is 23.2 Å². The summed E-state index contributed by atoms with van der Waals surface area (Å²) in [6, 6.07) is 4.45. The predicted octanol–water partition coefficient (Wildman–Crippen LogP) is 1.96. The molecule has 0 atom stereocenters. The van der Waals surface area contributed by atoms with Crippen molar-refractivity contribution in [3.8, 4) is 0 Å². The minimum absolute atomic E-state index is 0.161. The van der Waals surface area contributed by atoms with Crippen LogP contribution in [-0.2, 0) is 27.8 Å². The van der Waals surface area contributed by atoms with Gasteiger partial charge >= 0.3 is 6.18 Å². The van der Waals surface area contributed by atoms with Crippen molar-refractivity contribution >= 4 is 17.9 Å². The summed E-state index contributed by atoms with van der Waals surface area (Å²) in [4.78, 5) is 30.6. The Kier molecular flexibility index (Phi) is 4.64. The van der Waals surface area contributed by atoms with Crippen molar-refractivity contribution in [2.24, 2.45) is 0 Å². The van der Waals surface area contributed by atoms with Gasteiger partial charge in [0.15, 0.2) is 5.82 Å². The number of nitrogens with one attached hydrogen (secondary N) is 1. The van der Waals surface area contributed by atoms with Gasteiger partial charge < -0.3 is 10.2 Å². The van der Waals surface area contributed by atoms with E-state index in [-0.39, 0.29) is 12.5 Å². The molecule has 0 radical (unpaired) electrons. The van der Waals surface area contributed by atoms with E-state index in [1.807, 2.05) is 4.68 Å². The number of aromatic nitrogens is 3. The number of nitrogens with zero attached hydrogens (tertiary/aromatic N) is 4. The number of carbonyl (C=O) groups is 2. The minimum atomic E-state index is -4.40. The second-order valence-corrected chi connectivity index (χ2v) is 7.05. The summed E-state index contributed by atoms with van der Waals surface area (Å²) in [6.45, 7) is 0.906. The van der Waals surface area contributed by atoms with E-state index in [2.05, 4.69) is 15.4 Å². The second-order valence-electron chi connectivity index (χ2n) is 7.05. The van der Waals surface area contributed by atoms with Crippen molar-refractivity contribution in [3.05, 3.63) is 53.6 Å². The van der Waals surface area contributed by atoms with Crippen molar-refractivity contribution < 1.29 is 22.8 Å². The first kappa shape index (κ1) is 19.2. The van der Waals surface area contributed by atoms with E-state index in [1.54, 1.807) is 4.90 Å². The van der Waals surface area contributed by atoms with Crippen LogP contribution in [0.25, 0.3) is 6.08 Å². The quantitative estimate of drug-likeness (QED) is 0.789. The molecule has 1 aromatic heterocycles. The standard InChI is InChI=1S/C19H18F3N5O2/c20-19(21,22)14-4-1-13(2-5-14)3-6-15(28)23-11-16(29)26-9-10-27-17(24-12-25-27)18(26)7-8-18/h1-6,12H,7-11H2,(H,23,28)/b6-3+. The Morgan fingerprint density at radius 3 is 2.55 bits per heavy atom. The molecular weight excluding hydrogens is 387 g/mol. The second kappa shape index (κ2) is 7.02. The maximum absolute atomic E-state index is 12.6. The van der Waals surface area contributed by atoms with Gasteiger partial charge in [-0.25, -0.2) is 9.67 Å². The fourth-order valence-corrected chi connectivity index (χ4v) is 3.57. The van der Waals surface area contributed by atoms with Crippen LogP contribution in [0.4, 0.5) is 13.2 Å². The van der Waals surface area contributed by atoms with E-state index in [4.69, 9.17) is 0 Å². The molecule has 2 amide bonds. The lowest BCUT2D eigenvalue weighted by Gasteiger charge is -2.35. The van der Waals surface area contributed by atoms with E-state index in [1.165, 1.54) is 30.6 Å². The molecular formula is C19H18F3N5O2. The predicted molar refractivity (Wildman–Crippen MR) is 96.1 cm³/mol. The summed E-state index contributed by atoms with van der Waals surface area (Å²) in [5.74, 6) is 0.0851. The highest BCUT2D eigenvalue weighted by Gasteiger charge is 2.56. The zero-order chi connectivity index (χ0) is 20.6. The number of hydrogen-bond donors (Lipinski definition) is 1. The van der Waals surface area contributed by atoms with Gasteiger partial charge in [-0.3, -0.25) is 9.59 Å². The molecule has 1 spiro atoms. The van der Waals surface area contributed by atoms with E-state index in [9.17, 15) is 22.8 Å². The Balaban J connectivity index is 1.32. The number of benzene rings is 1. The van der Waals surface area contributed by atoms with Gasteiger partial charge in [0.2, 0.25) is 11.8 Å². The number of rotatable bonds is 4. The Labute approximate surface area is 164 Å². The molecule has 7 nitrogen and oxygen atoms in total. The molecule has 1 aliphatic carbocycles. The van der Waals surface area contributed by atoms with Crippen LogP contribution >= 0.6 is 0 Å². The van der Waals surface area contributed by atoms with Crippen LogP contribution in [0, 0.1) is 0 Å². The number of alkyl halides is 3. The van der Waals surface area contributed by atoms with E-state index in [0.29, 0.717) is 18.7 Å². The van der Waals surface area contributed by atoms with Gasteiger partial charge in [-0.15, -0.1) is 0 Å². The van der Waals surface area contributed by atoms with Crippen LogP contribution in [-0.4, -0.2) is 44.6 Å². The molecule has 2 aromatic rings. The first-order valence-corrected chi connectivity index (χ1v) is 9.11. The van der Waals surface area contributed by atoms with Crippen molar-refractivity contribution in [2.75, 3.05) is 13.1 Å². The lowest BCUT2D eigenvalue weighted by Crippen LogP contribution is -2.50. The highest BCUT2D eigenvalue weighted by atomic mass is 19.4. The van der Waals surface area contributed by atoms with Gasteiger partial charge in [0.25, 0.3) is 0 Å². The Hall–Kier alpha value is -3.17. The number of amides is 2. The molecule has 0 bridgehead atoms. The molecule has 0 saturated heterocycles. The number of fused-ring (bicyclic) bond motifs is 2. The Morgan fingerprint density at radius 2 is 1.90 bits per heavy atom. The van der Waals surface area contributed by atoms with Gasteiger partial charge in [0.1, 0.15) is 11.9 Å². The topological polar surface area (TPSA) is 80.1 Å². The Morgan fingerprint density at radius 1 is 1.17 bits per heavy atom. The zero-order valence-corrected chi connectivity index (χ0v) is 15.3. The fraction of sp³-hybridized carbons (Fsp3) is 0.368.